The third kappa shape index (κ3) is 3.50. The highest BCUT2D eigenvalue weighted by Gasteiger charge is 2.59. The van der Waals surface area contributed by atoms with Gasteiger partial charge in [0.1, 0.15) is 22.7 Å². The number of ether oxygens (including phenoxy) is 2. The van der Waals surface area contributed by atoms with E-state index in [-0.39, 0.29) is 11.8 Å². The molecule has 1 aliphatic carbocycles. The molecular weight excluding hydrogens is 484 g/mol. The molecule has 0 bridgehead atoms. The molecule has 194 valence electrons. The van der Waals surface area contributed by atoms with E-state index in [1.54, 1.807) is 19.2 Å². The van der Waals surface area contributed by atoms with Crippen molar-refractivity contribution >= 4 is 33.8 Å². The van der Waals surface area contributed by atoms with Crippen LogP contribution in [0.3, 0.4) is 0 Å². The second-order valence-corrected chi connectivity index (χ2v) is 10.4. The highest BCUT2D eigenvalue weighted by atomic mass is 16.5. The molecule has 10 nitrogen and oxygen atoms in total. The van der Waals surface area contributed by atoms with Crippen LogP contribution in [0.5, 0.6) is 11.5 Å². The number of hydrogen-bond donors (Lipinski definition) is 1. The Bertz CT molecular complexity index is 1560. The lowest BCUT2D eigenvalue weighted by atomic mass is 9.60. The van der Waals surface area contributed by atoms with Crippen molar-refractivity contribution in [3.8, 4) is 11.5 Å². The van der Waals surface area contributed by atoms with Gasteiger partial charge >= 0.3 is 0 Å². The predicted octanol–water partition coefficient (Wildman–Crippen LogP) is 3.00. The summed E-state index contributed by atoms with van der Waals surface area (Å²) in [5.41, 5.74) is 3.21. The molecule has 2 aromatic heterocycles. The summed E-state index contributed by atoms with van der Waals surface area (Å²) < 4.78 is 11.2. The average Bonchev–Trinajstić information content (AvgIpc) is 3.66. The van der Waals surface area contributed by atoms with Crippen LogP contribution in [0.15, 0.2) is 42.5 Å². The van der Waals surface area contributed by atoms with E-state index >= 15 is 0 Å². The lowest BCUT2D eigenvalue weighted by molar-refractivity contribution is 0.0629. The standard InChI is InChI=1S/C28H28N6O4/c1-3-38-26-10-25(29-23-9-16(37-2)5-6-17(23)26)28(36)34-13-20-18-11-33(12-19(18)21(20)14-34)27(35)15-4-7-22-24(8-15)31-32-30-22/h4-10,18-21H,3,11-14H2,1-2H3,(H,30,31,32)/t18-,19+,20+,21-. The van der Waals surface area contributed by atoms with E-state index in [9.17, 15) is 9.59 Å². The van der Waals surface area contributed by atoms with Crippen LogP contribution in [-0.4, -0.2) is 81.9 Å². The zero-order valence-corrected chi connectivity index (χ0v) is 21.3. The maximum atomic E-state index is 13.6. The minimum atomic E-state index is -0.0722. The lowest BCUT2D eigenvalue weighted by Crippen LogP contribution is -2.44. The normalized spacial score (nSPS) is 23.8. The molecule has 3 fully saturated rings. The van der Waals surface area contributed by atoms with Gasteiger partial charge in [-0.25, -0.2) is 4.98 Å². The van der Waals surface area contributed by atoms with Gasteiger partial charge in [0.25, 0.3) is 11.8 Å². The van der Waals surface area contributed by atoms with Gasteiger partial charge in [-0.05, 0) is 60.9 Å². The van der Waals surface area contributed by atoms with Crippen LogP contribution in [0.2, 0.25) is 0 Å². The summed E-state index contributed by atoms with van der Waals surface area (Å²) >= 11 is 0. The summed E-state index contributed by atoms with van der Waals surface area (Å²) in [4.78, 5) is 35.4. The maximum absolute atomic E-state index is 13.6. The van der Waals surface area contributed by atoms with Gasteiger partial charge in [0.15, 0.2) is 0 Å². The van der Waals surface area contributed by atoms with E-state index in [4.69, 9.17) is 9.47 Å². The Labute approximate surface area is 218 Å². The Morgan fingerprint density at radius 3 is 2.32 bits per heavy atom. The molecule has 0 unspecified atom stereocenters. The summed E-state index contributed by atoms with van der Waals surface area (Å²) in [6.45, 7) is 5.27. The van der Waals surface area contributed by atoms with Gasteiger partial charge in [-0.2, -0.15) is 0 Å². The van der Waals surface area contributed by atoms with Crippen LogP contribution in [0.4, 0.5) is 0 Å². The van der Waals surface area contributed by atoms with Gasteiger partial charge in [0.05, 0.1) is 24.8 Å². The number of carbonyl (C=O) groups excluding carboxylic acids is 2. The van der Waals surface area contributed by atoms with Crippen molar-refractivity contribution < 1.29 is 19.1 Å². The first-order valence-electron chi connectivity index (χ1n) is 13.0. The number of pyridine rings is 1. The third-order valence-corrected chi connectivity index (χ3v) is 8.57. The molecule has 2 aliphatic heterocycles. The monoisotopic (exact) mass is 512 g/mol. The number of aromatic amines is 1. The highest BCUT2D eigenvalue weighted by molar-refractivity contribution is 5.98. The number of nitrogens with zero attached hydrogens (tertiary/aromatic N) is 5. The van der Waals surface area contributed by atoms with Crippen molar-refractivity contribution in [3.05, 3.63) is 53.7 Å². The van der Waals surface area contributed by atoms with Crippen molar-refractivity contribution in [2.45, 2.75) is 6.92 Å². The summed E-state index contributed by atoms with van der Waals surface area (Å²) in [7, 11) is 1.61. The van der Waals surface area contributed by atoms with Gasteiger partial charge < -0.3 is 19.3 Å². The summed E-state index contributed by atoms with van der Waals surface area (Å²) in [5.74, 6) is 2.96. The van der Waals surface area contributed by atoms with Gasteiger partial charge in [0.2, 0.25) is 0 Å². The Morgan fingerprint density at radius 1 is 0.921 bits per heavy atom. The Balaban J connectivity index is 1.07. The number of hydrogen-bond acceptors (Lipinski definition) is 7. The fourth-order valence-corrected chi connectivity index (χ4v) is 6.71. The number of likely N-dealkylation sites (tertiary alicyclic amines) is 2. The minimum Gasteiger partial charge on any atom is -0.497 e. The molecule has 2 saturated heterocycles. The van der Waals surface area contributed by atoms with Gasteiger partial charge in [-0.15, -0.1) is 5.10 Å². The number of rotatable bonds is 5. The van der Waals surface area contributed by atoms with Gasteiger partial charge in [-0.3, -0.25) is 14.7 Å². The molecule has 4 atom stereocenters. The van der Waals surface area contributed by atoms with Gasteiger partial charge in [-0.1, -0.05) is 5.21 Å². The van der Waals surface area contributed by atoms with Crippen LogP contribution >= 0.6 is 0 Å². The number of fused-ring (bicyclic) bond motifs is 6. The van der Waals surface area contributed by atoms with Crippen LogP contribution in [0, 0.1) is 23.7 Å². The quantitative estimate of drug-likeness (QED) is 0.437. The molecule has 4 heterocycles. The molecule has 1 saturated carbocycles. The van der Waals surface area contributed by atoms with E-state index in [1.165, 1.54) is 0 Å². The molecule has 3 aliphatic rings. The first-order valence-corrected chi connectivity index (χ1v) is 13.0. The second kappa shape index (κ2) is 8.68. The van der Waals surface area contributed by atoms with Crippen molar-refractivity contribution in [2.75, 3.05) is 39.9 Å². The van der Waals surface area contributed by atoms with Crippen molar-refractivity contribution in [1.29, 1.82) is 0 Å². The van der Waals surface area contributed by atoms with Crippen molar-refractivity contribution in [1.82, 2.24) is 30.2 Å². The van der Waals surface area contributed by atoms with E-state index < -0.39 is 0 Å². The van der Waals surface area contributed by atoms with Crippen LogP contribution in [0.25, 0.3) is 21.9 Å². The number of amides is 2. The largest absolute Gasteiger partial charge is 0.497 e. The fraction of sp³-hybridized carbons (Fsp3) is 0.393. The number of H-pyrrole nitrogens is 1. The molecule has 1 N–H and O–H groups in total. The van der Waals surface area contributed by atoms with E-state index in [2.05, 4.69) is 20.4 Å². The summed E-state index contributed by atoms with van der Waals surface area (Å²) in [6, 6.07) is 12.8. The first-order chi connectivity index (χ1) is 18.5. The summed E-state index contributed by atoms with van der Waals surface area (Å²) in [5, 5.41) is 11.5. The van der Waals surface area contributed by atoms with Crippen LogP contribution < -0.4 is 9.47 Å². The lowest BCUT2D eigenvalue weighted by Gasteiger charge is -2.42. The summed E-state index contributed by atoms with van der Waals surface area (Å²) in [6.07, 6.45) is 0. The number of benzene rings is 2. The molecule has 7 rings (SSSR count). The van der Waals surface area contributed by atoms with Crippen LogP contribution in [0.1, 0.15) is 27.8 Å². The SMILES string of the molecule is CCOc1cc(C(=O)N2C[C@@H]3[C@H]4CN(C(=O)c5ccc6[nH]nnc6c5)C[C@H]4[C@@H]3C2)nc2cc(OC)ccc12. The molecule has 4 aromatic rings. The number of carbonyl (C=O) groups is 2. The number of methoxy groups -OCH3 is 1. The maximum Gasteiger partial charge on any atom is 0.272 e. The zero-order valence-electron chi connectivity index (χ0n) is 21.3. The minimum absolute atomic E-state index is 0.0366. The Hall–Kier alpha value is -4.21. The second-order valence-electron chi connectivity index (χ2n) is 10.4. The molecule has 10 heteroatoms. The van der Waals surface area contributed by atoms with E-state index in [0.29, 0.717) is 77.2 Å². The van der Waals surface area contributed by atoms with E-state index in [1.807, 2.05) is 47.1 Å². The number of aromatic nitrogens is 4. The molecular formula is C28H28N6O4. The van der Waals surface area contributed by atoms with Gasteiger partial charge in [0, 0.05) is 49.3 Å². The van der Waals surface area contributed by atoms with Crippen LogP contribution in [-0.2, 0) is 0 Å². The predicted molar refractivity (Wildman–Crippen MR) is 139 cm³/mol. The molecule has 2 aromatic carbocycles. The number of nitrogens with one attached hydrogen (secondary N) is 1. The Morgan fingerprint density at radius 2 is 1.63 bits per heavy atom. The zero-order chi connectivity index (χ0) is 26.0. The molecule has 0 spiro atoms. The first kappa shape index (κ1) is 22.9. The van der Waals surface area contributed by atoms with Crippen molar-refractivity contribution in [3.63, 3.8) is 0 Å². The molecule has 38 heavy (non-hydrogen) atoms. The average molecular weight is 513 g/mol. The van der Waals surface area contributed by atoms with Crippen molar-refractivity contribution in [2.24, 2.45) is 23.7 Å². The molecule has 2 amide bonds. The highest BCUT2D eigenvalue weighted by Crippen LogP contribution is 2.54. The Kier molecular flexibility index (Phi) is 5.24. The van der Waals surface area contributed by atoms with E-state index in [0.717, 1.165) is 24.0 Å². The third-order valence-electron chi connectivity index (χ3n) is 8.57. The molecule has 0 radical (unpaired) electrons. The topological polar surface area (TPSA) is 114 Å². The fourth-order valence-electron chi connectivity index (χ4n) is 6.71. The smallest absolute Gasteiger partial charge is 0.272 e.